The van der Waals surface area contributed by atoms with E-state index < -0.39 is 0 Å². The van der Waals surface area contributed by atoms with Crippen molar-refractivity contribution in [2.75, 3.05) is 24.7 Å². The van der Waals surface area contributed by atoms with Gasteiger partial charge in [0.25, 0.3) is 0 Å². The Kier molecular flexibility index (Phi) is 5.21. The summed E-state index contributed by atoms with van der Waals surface area (Å²) < 4.78 is 2.01. The highest BCUT2D eigenvalue weighted by Gasteiger charge is 2.23. The van der Waals surface area contributed by atoms with Gasteiger partial charge in [0, 0.05) is 44.2 Å². The van der Waals surface area contributed by atoms with Crippen molar-refractivity contribution in [3.63, 3.8) is 0 Å². The second-order valence-corrected chi connectivity index (χ2v) is 8.11. The highest BCUT2D eigenvalue weighted by molar-refractivity contribution is 7.99. The Morgan fingerprint density at radius 3 is 2.79 bits per heavy atom. The van der Waals surface area contributed by atoms with Crippen LogP contribution in [0.3, 0.4) is 0 Å². The summed E-state index contributed by atoms with van der Waals surface area (Å²) in [6.07, 6.45) is 1.18. The van der Waals surface area contributed by atoms with Crippen LogP contribution in [0.1, 0.15) is 49.0 Å². The van der Waals surface area contributed by atoms with Gasteiger partial charge in [0.1, 0.15) is 5.82 Å². The van der Waals surface area contributed by atoms with Gasteiger partial charge >= 0.3 is 0 Å². The molecular weight excluding hydrogens is 316 g/mol. The molecule has 2 aromatic rings. The third-order valence-electron chi connectivity index (χ3n) is 4.60. The van der Waals surface area contributed by atoms with Gasteiger partial charge < -0.3 is 10.2 Å². The Balaban J connectivity index is 1.85. The maximum Gasteiger partial charge on any atom is 0.130 e. The molecule has 1 aromatic heterocycles. The first-order chi connectivity index (χ1) is 11.5. The molecule has 1 aromatic carbocycles. The Morgan fingerprint density at radius 2 is 2.08 bits per heavy atom. The highest BCUT2D eigenvalue weighted by Crippen LogP contribution is 2.36. The van der Waals surface area contributed by atoms with Gasteiger partial charge in [-0.3, -0.25) is 4.68 Å². The van der Waals surface area contributed by atoms with Crippen molar-refractivity contribution < 1.29 is 0 Å². The van der Waals surface area contributed by atoms with E-state index >= 15 is 0 Å². The lowest BCUT2D eigenvalue weighted by molar-refractivity contribution is 0.508. The van der Waals surface area contributed by atoms with Crippen LogP contribution < -0.4 is 10.2 Å². The van der Waals surface area contributed by atoms with Crippen LogP contribution in [0, 0.1) is 0 Å². The van der Waals surface area contributed by atoms with E-state index in [9.17, 15) is 0 Å². The number of nitrogens with zero attached hydrogens (tertiary/aromatic N) is 3. The molecule has 0 radical (unpaired) electrons. The predicted molar refractivity (Wildman–Crippen MR) is 103 cm³/mol. The molecule has 1 atom stereocenters. The van der Waals surface area contributed by atoms with E-state index in [4.69, 9.17) is 5.10 Å². The van der Waals surface area contributed by atoms with Crippen molar-refractivity contribution in [1.29, 1.82) is 0 Å². The maximum atomic E-state index is 4.77. The number of fused-ring (bicyclic) bond motifs is 1. The van der Waals surface area contributed by atoms with Crippen LogP contribution in [-0.4, -0.2) is 29.6 Å². The van der Waals surface area contributed by atoms with Crippen LogP contribution in [0.15, 0.2) is 29.2 Å². The quantitative estimate of drug-likeness (QED) is 0.891. The molecule has 5 heteroatoms. The average Bonchev–Trinajstić information content (AvgIpc) is 2.89. The Labute approximate surface area is 149 Å². The largest absolute Gasteiger partial charge is 0.363 e. The lowest BCUT2D eigenvalue weighted by Crippen LogP contribution is -2.25. The summed E-state index contributed by atoms with van der Waals surface area (Å²) >= 11 is 1.97. The smallest absolute Gasteiger partial charge is 0.130 e. The fourth-order valence-corrected chi connectivity index (χ4v) is 4.68. The zero-order chi connectivity index (χ0) is 17.3. The van der Waals surface area contributed by atoms with Crippen LogP contribution in [0.5, 0.6) is 0 Å². The predicted octanol–water partition coefficient (Wildman–Crippen LogP) is 3.94. The van der Waals surface area contributed by atoms with Crippen LogP contribution in [0.2, 0.25) is 0 Å². The van der Waals surface area contributed by atoms with Crippen LogP contribution in [-0.2, 0) is 13.6 Å². The van der Waals surface area contributed by atoms with E-state index in [1.165, 1.54) is 39.7 Å². The molecule has 0 fully saturated rings. The summed E-state index contributed by atoms with van der Waals surface area (Å²) in [6.45, 7) is 5.30. The maximum absolute atomic E-state index is 4.77. The van der Waals surface area contributed by atoms with Crippen LogP contribution >= 0.6 is 11.8 Å². The average molecular weight is 345 g/mol. The zero-order valence-corrected chi connectivity index (χ0v) is 16.2. The molecule has 0 saturated carbocycles. The number of aromatic nitrogens is 2. The summed E-state index contributed by atoms with van der Waals surface area (Å²) in [6, 6.07) is 9.21. The van der Waals surface area contributed by atoms with Crippen LogP contribution in [0.4, 0.5) is 5.82 Å². The molecule has 1 aliphatic heterocycles. The molecule has 0 spiro atoms. The molecular formula is C19H28N4S. The molecule has 0 amide bonds. The molecule has 3 rings (SSSR count). The number of anilines is 1. The van der Waals surface area contributed by atoms with Gasteiger partial charge in [-0.05, 0) is 29.7 Å². The summed E-state index contributed by atoms with van der Waals surface area (Å²) in [5.74, 6) is 2.81. The van der Waals surface area contributed by atoms with Gasteiger partial charge in [-0.15, -0.1) is 11.8 Å². The number of thioether (sulfide) groups is 1. The fourth-order valence-electron chi connectivity index (χ4n) is 3.55. The van der Waals surface area contributed by atoms with E-state index in [2.05, 4.69) is 62.4 Å². The van der Waals surface area contributed by atoms with Gasteiger partial charge in [0.2, 0.25) is 0 Å². The molecule has 1 aliphatic rings. The second-order valence-electron chi connectivity index (χ2n) is 6.97. The van der Waals surface area contributed by atoms with Crippen molar-refractivity contribution in [2.45, 2.75) is 43.7 Å². The number of aryl methyl sites for hydroxylation is 1. The minimum absolute atomic E-state index is 0.427. The molecule has 24 heavy (non-hydrogen) atoms. The lowest BCUT2D eigenvalue weighted by Gasteiger charge is -2.26. The molecule has 4 nitrogen and oxygen atoms in total. The fraction of sp³-hybridized carbons (Fsp3) is 0.526. The van der Waals surface area contributed by atoms with Gasteiger partial charge in [-0.2, -0.15) is 5.10 Å². The van der Waals surface area contributed by atoms with Gasteiger partial charge in [-0.1, -0.05) is 32.0 Å². The monoisotopic (exact) mass is 344 g/mol. The number of benzene rings is 1. The molecule has 2 heterocycles. The van der Waals surface area contributed by atoms with Gasteiger partial charge in [-0.25, -0.2) is 0 Å². The standard InChI is InChI=1S/C19H28N4S/c1-13(2)18-15(19(22(3)4)23(5)21-18)12-20-16-10-11-24-17-9-7-6-8-14(16)17/h6-9,13,16,20H,10-12H2,1-5H3/t16-/m1/s1. The Morgan fingerprint density at radius 1 is 1.33 bits per heavy atom. The molecule has 0 bridgehead atoms. The lowest BCUT2D eigenvalue weighted by atomic mass is 10.0. The van der Waals surface area contributed by atoms with Crippen molar-refractivity contribution >= 4 is 17.6 Å². The number of hydrogen-bond acceptors (Lipinski definition) is 4. The molecule has 130 valence electrons. The van der Waals surface area contributed by atoms with E-state index in [1.807, 2.05) is 23.5 Å². The zero-order valence-electron chi connectivity index (χ0n) is 15.3. The summed E-state index contributed by atoms with van der Waals surface area (Å²) in [7, 11) is 6.23. The molecule has 0 saturated heterocycles. The van der Waals surface area contributed by atoms with Crippen molar-refractivity contribution in [3.05, 3.63) is 41.1 Å². The van der Waals surface area contributed by atoms with E-state index in [-0.39, 0.29) is 0 Å². The minimum Gasteiger partial charge on any atom is -0.363 e. The number of rotatable bonds is 5. The molecule has 1 N–H and O–H groups in total. The van der Waals surface area contributed by atoms with E-state index in [0.29, 0.717) is 12.0 Å². The van der Waals surface area contributed by atoms with Gasteiger partial charge in [0.05, 0.1) is 5.69 Å². The first-order valence-corrected chi connectivity index (χ1v) is 9.65. The first-order valence-electron chi connectivity index (χ1n) is 8.67. The SMILES string of the molecule is CC(C)c1nn(C)c(N(C)C)c1CN[C@@H]1CCSc2ccccc21. The topological polar surface area (TPSA) is 33.1 Å². The number of hydrogen-bond donors (Lipinski definition) is 1. The Bertz CT molecular complexity index is 705. The first kappa shape index (κ1) is 17.4. The third-order valence-corrected chi connectivity index (χ3v) is 5.72. The Hall–Kier alpha value is -1.46. The van der Waals surface area contributed by atoms with Gasteiger partial charge in [0.15, 0.2) is 0 Å². The van der Waals surface area contributed by atoms with E-state index in [0.717, 1.165) is 6.54 Å². The minimum atomic E-state index is 0.427. The van der Waals surface area contributed by atoms with Crippen molar-refractivity contribution in [3.8, 4) is 0 Å². The summed E-state index contributed by atoms with van der Waals surface area (Å²) in [5, 5.41) is 8.57. The molecule has 0 unspecified atom stereocenters. The van der Waals surface area contributed by atoms with Crippen molar-refractivity contribution in [1.82, 2.24) is 15.1 Å². The number of nitrogens with one attached hydrogen (secondary N) is 1. The van der Waals surface area contributed by atoms with Crippen molar-refractivity contribution in [2.24, 2.45) is 7.05 Å². The molecule has 0 aliphatic carbocycles. The third kappa shape index (κ3) is 3.33. The summed E-state index contributed by atoms with van der Waals surface area (Å²) in [4.78, 5) is 3.59. The normalized spacial score (nSPS) is 17.2. The summed E-state index contributed by atoms with van der Waals surface area (Å²) in [5.41, 5.74) is 3.97. The van der Waals surface area contributed by atoms with Crippen LogP contribution in [0.25, 0.3) is 0 Å². The highest BCUT2D eigenvalue weighted by atomic mass is 32.2. The van der Waals surface area contributed by atoms with E-state index in [1.54, 1.807) is 0 Å². The second kappa shape index (κ2) is 7.19.